The van der Waals surface area contributed by atoms with Crippen LogP contribution in [0.2, 0.25) is 0 Å². The second-order valence-corrected chi connectivity index (χ2v) is 6.44. The highest BCUT2D eigenvalue weighted by molar-refractivity contribution is 9.10. The summed E-state index contributed by atoms with van der Waals surface area (Å²) in [6, 6.07) is 18.7. The van der Waals surface area contributed by atoms with E-state index in [2.05, 4.69) is 26.2 Å². The number of rotatable bonds is 5. The average Bonchev–Trinajstić information content (AvgIpc) is 3.03. The van der Waals surface area contributed by atoms with Gasteiger partial charge < -0.3 is 15.0 Å². The average molecular weight is 425 g/mol. The van der Waals surface area contributed by atoms with Gasteiger partial charge in [0, 0.05) is 17.3 Å². The fourth-order valence-electron chi connectivity index (χ4n) is 2.58. The van der Waals surface area contributed by atoms with Crippen molar-refractivity contribution in [2.45, 2.75) is 0 Å². The molecule has 2 aromatic carbocycles. The molecule has 3 aromatic rings. The second-order valence-electron chi connectivity index (χ2n) is 5.65. The molecular weight excluding hydrogens is 408 g/mol. The first-order valence-electron chi connectivity index (χ1n) is 8.19. The fraction of sp³-hybridized carbons (Fsp3) is 0.0476. The van der Waals surface area contributed by atoms with Crippen molar-refractivity contribution in [1.82, 2.24) is 4.98 Å². The number of nitrogens with one attached hydrogen (secondary N) is 2. The smallest absolute Gasteiger partial charge is 0.355 e. The maximum absolute atomic E-state index is 12.2. The lowest BCUT2D eigenvalue weighted by Gasteiger charge is -2.01. The van der Waals surface area contributed by atoms with Gasteiger partial charge in [-0.1, -0.05) is 48.5 Å². The third kappa shape index (κ3) is 4.35. The summed E-state index contributed by atoms with van der Waals surface area (Å²) >= 11 is 3.53. The van der Waals surface area contributed by atoms with Crippen LogP contribution in [0.4, 0.5) is 5.69 Å². The molecule has 0 radical (unpaired) electrons. The first-order valence-corrected chi connectivity index (χ1v) is 8.98. The topological polar surface area (TPSA) is 71.2 Å². The Bertz CT molecular complexity index is 979. The first kappa shape index (κ1) is 18.7. The molecule has 27 heavy (non-hydrogen) atoms. The molecule has 0 aliphatic rings. The van der Waals surface area contributed by atoms with E-state index >= 15 is 0 Å². The summed E-state index contributed by atoms with van der Waals surface area (Å²) in [6.07, 6.45) is 2.96. The summed E-state index contributed by atoms with van der Waals surface area (Å²) in [4.78, 5) is 27.4. The summed E-state index contributed by atoms with van der Waals surface area (Å²) < 4.78 is 5.54. The zero-order chi connectivity index (χ0) is 19.2. The number of carbonyl (C=O) groups excluding carboxylic acids is 2. The molecule has 0 saturated heterocycles. The molecule has 0 bridgehead atoms. The number of carbonyl (C=O) groups is 2. The van der Waals surface area contributed by atoms with Crippen molar-refractivity contribution in [2.75, 3.05) is 12.4 Å². The van der Waals surface area contributed by atoms with Crippen LogP contribution in [0.5, 0.6) is 0 Å². The number of halogens is 1. The van der Waals surface area contributed by atoms with Gasteiger partial charge in [0.2, 0.25) is 5.91 Å². The van der Waals surface area contributed by atoms with Crippen LogP contribution < -0.4 is 5.32 Å². The quantitative estimate of drug-likeness (QED) is 0.452. The van der Waals surface area contributed by atoms with Crippen molar-refractivity contribution >= 4 is 39.6 Å². The number of hydrogen-bond acceptors (Lipinski definition) is 3. The minimum absolute atomic E-state index is 0.270. The number of hydrogen-bond donors (Lipinski definition) is 2. The van der Waals surface area contributed by atoms with Crippen molar-refractivity contribution in [3.05, 3.63) is 82.5 Å². The molecule has 2 N–H and O–H groups in total. The molecule has 0 fully saturated rings. The molecule has 1 aromatic heterocycles. The molecule has 5 nitrogen and oxygen atoms in total. The van der Waals surface area contributed by atoms with Gasteiger partial charge in [-0.25, -0.2) is 4.79 Å². The summed E-state index contributed by atoms with van der Waals surface area (Å²) in [5, 5.41) is 2.77. The third-order valence-corrected chi connectivity index (χ3v) is 4.69. The van der Waals surface area contributed by atoms with Crippen molar-refractivity contribution in [3.8, 4) is 11.3 Å². The Morgan fingerprint density at radius 2 is 1.67 bits per heavy atom. The Labute approximate surface area is 165 Å². The standard InChI is InChI=1S/C21H17BrN2O3/c1-27-21(26)20-16(12-13-17(25)23-15-10-6-3-7-11-15)18(22)19(24-20)14-8-4-2-5-9-14/h2-13,24H,1H3,(H,23,25)/b13-12+. The van der Waals surface area contributed by atoms with Gasteiger partial charge in [0.1, 0.15) is 5.69 Å². The highest BCUT2D eigenvalue weighted by Crippen LogP contribution is 2.34. The Morgan fingerprint density at radius 1 is 1.04 bits per heavy atom. The summed E-state index contributed by atoms with van der Waals surface area (Å²) in [6.45, 7) is 0. The number of methoxy groups -OCH3 is 1. The summed E-state index contributed by atoms with van der Waals surface area (Å²) in [5.41, 5.74) is 3.15. The van der Waals surface area contributed by atoms with Gasteiger partial charge >= 0.3 is 5.97 Å². The Morgan fingerprint density at radius 3 is 2.30 bits per heavy atom. The lowest BCUT2D eigenvalue weighted by Crippen LogP contribution is -2.08. The molecule has 1 heterocycles. The Kier molecular flexibility index (Phi) is 5.88. The molecule has 0 unspecified atom stereocenters. The predicted octanol–water partition coefficient (Wildman–Crippen LogP) is 4.88. The van der Waals surface area contributed by atoms with E-state index in [0.29, 0.717) is 15.7 Å². The molecule has 0 aliphatic carbocycles. The highest BCUT2D eigenvalue weighted by atomic mass is 79.9. The van der Waals surface area contributed by atoms with Gasteiger partial charge in [0.25, 0.3) is 0 Å². The van der Waals surface area contributed by atoms with Crippen LogP contribution in [0.25, 0.3) is 17.3 Å². The summed E-state index contributed by atoms with van der Waals surface area (Å²) in [5.74, 6) is -0.813. The zero-order valence-electron chi connectivity index (χ0n) is 14.5. The normalized spacial score (nSPS) is 10.7. The molecule has 0 aliphatic heterocycles. The SMILES string of the molecule is COC(=O)c1[nH]c(-c2ccccc2)c(Br)c1/C=C/C(=O)Nc1ccccc1. The van der Waals surface area contributed by atoms with Crippen LogP contribution in [0.15, 0.2) is 71.2 Å². The van der Waals surface area contributed by atoms with Gasteiger partial charge in [-0.3, -0.25) is 4.79 Å². The van der Waals surface area contributed by atoms with E-state index in [0.717, 1.165) is 11.3 Å². The molecule has 3 rings (SSSR count). The monoisotopic (exact) mass is 424 g/mol. The van der Waals surface area contributed by atoms with Gasteiger partial charge in [0.15, 0.2) is 0 Å². The minimum atomic E-state index is -0.513. The van der Waals surface area contributed by atoms with Gasteiger partial charge in [-0.2, -0.15) is 0 Å². The van der Waals surface area contributed by atoms with Crippen molar-refractivity contribution in [2.24, 2.45) is 0 Å². The Balaban J connectivity index is 1.92. The summed E-state index contributed by atoms with van der Waals surface area (Å²) in [7, 11) is 1.31. The van der Waals surface area contributed by atoms with Crippen molar-refractivity contribution in [1.29, 1.82) is 0 Å². The molecule has 0 spiro atoms. The van der Waals surface area contributed by atoms with E-state index in [4.69, 9.17) is 4.74 Å². The zero-order valence-corrected chi connectivity index (χ0v) is 16.1. The van der Waals surface area contributed by atoms with E-state index in [1.165, 1.54) is 13.2 Å². The number of amides is 1. The van der Waals surface area contributed by atoms with Crippen LogP contribution in [0.1, 0.15) is 16.1 Å². The minimum Gasteiger partial charge on any atom is -0.464 e. The fourth-order valence-corrected chi connectivity index (χ4v) is 3.24. The van der Waals surface area contributed by atoms with E-state index in [-0.39, 0.29) is 11.6 Å². The van der Waals surface area contributed by atoms with E-state index in [1.54, 1.807) is 18.2 Å². The molecule has 1 amide bonds. The lowest BCUT2D eigenvalue weighted by atomic mass is 10.1. The maximum Gasteiger partial charge on any atom is 0.355 e. The van der Waals surface area contributed by atoms with Crippen LogP contribution in [-0.2, 0) is 9.53 Å². The number of para-hydroxylation sites is 1. The van der Waals surface area contributed by atoms with E-state index in [9.17, 15) is 9.59 Å². The third-order valence-electron chi connectivity index (χ3n) is 3.87. The number of esters is 1. The predicted molar refractivity (Wildman–Crippen MR) is 109 cm³/mol. The number of ether oxygens (including phenoxy) is 1. The van der Waals surface area contributed by atoms with E-state index < -0.39 is 5.97 Å². The van der Waals surface area contributed by atoms with Gasteiger partial charge in [0.05, 0.1) is 17.3 Å². The van der Waals surface area contributed by atoms with Gasteiger partial charge in [-0.15, -0.1) is 0 Å². The largest absolute Gasteiger partial charge is 0.464 e. The second kappa shape index (κ2) is 8.51. The van der Waals surface area contributed by atoms with Crippen molar-refractivity contribution < 1.29 is 14.3 Å². The van der Waals surface area contributed by atoms with Gasteiger partial charge in [-0.05, 0) is 39.7 Å². The lowest BCUT2D eigenvalue weighted by molar-refractivity contribution is -0.111. The number of H-pyrrole nitrogens is 1. The van der Waals surface area contributed by atoms with Crippen LogP contribution in [-0.4, -0.2) is 24.0 Å². The number of aromatic amines is 1. The Hall–Kier alpha value is -3.12. The molecule has 6 heteroatoms. The molecule has 0 saturated carbocycles. The highest BCUT2D eigenvalue weighted by Gasteiger charge is 2.20. The number of aromatic nitrogens is 1. The number of anilines is 1. The maximum atomic E-state index is 12.2. The molecular formula is C21H17BrN2O3. The van der Waals surface area contributed by atoms with E-state index in [1.807, 2.05) is 48.5 Å². The number of benzene rings is 2. The molecule has 136 valence electrons. The van der Waals surface area contributed by atoms with Crippen LogP contribution in [0.3, 0.4) is 0 Å². The van der Waals surface area contributed by atoms with Crippen LogP contribution in [0, 0.1) is 0 Å². The molecule has 0 atom stereocenters. The first-order chi connectivity index (χ1) is 13.1. The van der Waals surface area contributed by atoms with Crippen molar-refractivity contribution in [3.63, 3.8) is 0 Å². The van der Waals surface area contributed by atoms with Crippen LogP contribution >= 0.6 is 15.9 Å².